The molecule has 0 unspecified atom stereocenters. The molecule has 2 heterocycles. The van der Waals surface area contributed by atoms with E-state index in [9.17, 15) is 8.42 Å². The maximum atomic E-state index is 11.5. The molecule has 0 amide bonds. The first-order chi connectivity index (χ1) is 7.58. The van der Waals surface area contributed by atoms with Gasteiger partial charge in [-0.25, -0.2) is 8.42 Å². The lowest BCUT2D eigenvalue weighted by atomic mass is 10.3. The molecule has 0 spiro atoms. The van der Waals surface area contributed by atoms with Gasteiger partial charge in [-0.3, -0.25) is 4.98 Å². The average molecular weight is 305 g/mol. The van der Waals surface area contributed by atoms with Gasteiger partial charge in [0.1, 0.15) is 0 Å². The lowest BCUT2D eigenvalue weighted by molar-refractivity contribution is 0.597. The normalized spacial score (nSPS) is 20.4. The highest BCUT2D eigenvalue weighted by Gasteiger charge is 2.20. The molecular weight excluding hydrogens is 292 g/mol. The summed E-state index contributed by atoms with van der Waals surface area (Å²) in [6.45, 7) is 1.34. The number of aromatic nitrogens is 1. The van der Waals surface area contributed by atoms with Crippen LogP contribution in [0.3, 0.4) is 0 Å². The second kappa shape index (κ2) is 4.71. The van der Waals surface area contributed by atoms with Gasteiger partial charge in [0.15, 0.2) is 9.84 Å². The van der Waals surface area contributed by atoms with Crippen molar-refractivity contribution in [1.29, 1.82) is 0 Å². The summed E-state index contributed by atoms with van der Waals surface area (Å²) in [7, 11) is -2.85. The molecule has 1 aliphatic rings. The molecule has 0 atom stereocenters. The van der Waals surface area contributed by atoms with Crippen molar-refractivity contribution in [1.82, 2.24) is 4.98 Å². The average Bonchev–Trinajstić information content (AvgIpc) is 2.40. The Bertz CT molecular complexity index is 475. The molecule has 1 saturated heterocycles. The molecule has 16 heavy (non-hydrogen) atoms. The molecule has 88 valence electrons. The van der Waals surface area contributed by atoms with Gasteiger partial charge in [-0.2, -0.15) is 0 Å². The van der Waals surface area contributed by atoms with E-state index in [2.05, 4.69) is 25.8 Å². The highest BCUT2D eigenvalue weighted by Crippen LogP contribution is 2.25. The van der Waals surface area contributed by atoms with Gasteiger partial charge in [0.2, 0.25) is 0 Å². The number of pyridine rings is 1. The zero-order valence-corrected chi connectivity index (χ0v) is 11.2. The topological polar surface area (TPSA) is 50.3 Å². The second-order valence-corrected chi connectivity index (χ2v) is 6.98. The number of nitrogens with zero attached hydrogens (tertiary/aromatic N) is 2. The van der Waals surface area contributed by atoms with Gasteiger partial charge >= 0.3 is 0 Å². The van der Waals surface area contributed by atoms with Crippen LogP contribution in [0.4, 0.5) is 5.69 Å². The van der Waals surface area contributed by atoms with E-state index in [1.807, 2.05) is 6.07 Å². The predicted octanol–water partition coefficient (Wildman–Crippen LogP) is 1.47. The molecule has 0 saturated carbocycles. The first-order valence-corrected chi connectivity index (χ1v) is 7.75. The lowest BCUT2D eigenvalue weighted by Gasteiger charge is -2.22. The van der Waals surface area contributed by atoms with Gasteiger partial charge in [-0.1, -0.05) is 0 Å². The summed E-state index contributed by atoms with van der Waals surface area (Å²) >= 11 is 3.43. The Morgan fingerprint density at radius 3 is 2.88 bits per heavy atom. The Hall–Kier alpha value is -0.620. The van der Waals surface area contributed by atoms with Gasteiger partial charge in [-0.05, 0) is 28.4 Å². The Kier molecular flexibility index (Phi) is 3.49. The SMILES string of the molecule is O=S1(=O)CCCN(c2ccncc2Br)CC1. The summed E-state index contributed by atoms with van der Waals surface area (Å²) in [6.07, 6.45) is 4.14. The van der Waals surface area contributed by atoms with Crippen molar-refractivity contribution in [3.8, 4) is 0 Å². The van der Waals surface area contributed by atoms with Crippen molar-refractivity contribution < 1.29 is 8.42 Å². The van der Waals surface area contributed by atoms with Crippen LogP contribution < -0.4 is 4.90 Å². The molecule has 1 aromatic rings. The molecule has 1 fully saturated rings. The van der Waals surface area contributed by atoms with Crippen molar-refractivity contribution in [2.24, 2.45) is 0 Å². The molecule has 0 bridgehead atoms. The Balaban J connectivity index is 2.20. The van der Waals surface area contributed by atoms with E-state index < -0.39 is 9.84 Å². The minimum Gasteiger partial charge on any atom is -0.369 e. The van der Waals surface area contributed by atoms with Gasteiger partial charge in [-0.15, -0.1) is 0 Å². The van der Waals surface area contributed by atoms with Crippen LogP contribution in [-0.2, 0) is 9.84 Å². The van der Waals surface area contributed by atoms with Crippen LogP contribution in [0.25, 0.3) is 0 Å². The van der Waals surface area contributed by atoms with Crippen LogP contribution in [0.1, 0.15) is 6.42 Å². The minimum absolute atomic E-state index is 0.238. The van der Waals surface area contributed by atoms with E-state index in [4.69, 9.17) is 0 Å². The number of hydrogen-bond donors (Lipinski definition) is 0. The summed E-state index contributed by atoms with van der Waals surface area (Å²) in [6, 6.07) is 1.90. The second-order valence-electron chi connectivity index (χ2n) is 3.82. The number of halogens is 1. The molecule has 1 aliphatic heterocycles. The summed E-state index contributed by atoms with van der Waals surface area (Å²) in [5.74, 6) is 0.536. The van der Waals surface area contributed by atoms with Gasteiger partial charge < -0.3 is 4.90 Å². The molecule has 1 aromatic heterocycles. The van der Waals surface area contributed by atoms with E-state index in [0.717, 1.165) is 16.7 Å². The third-order valence-corrected chi connectivity index (χ3v) is 4.97. The molecule has 0 radical (unpaired) electrons. The summed E-state index contributed by atoms with van der Waals surface area (Å²) in [5.41, 5.74) is 1.02. The maximum Gasteiger partial charge on any atom is 0.152 e. The molecule has 0 aromatic carbocycles. The molecular formula is C10H13BrN2O2S. The third-order valence-electron chi connectivity index (χ3n) is 2.65. The molecule has 2 rings (SSSR count). The predicted molar refractivity (Wildman–Crippen MR) is 67.4 cm³/mol. The van der Waals surface area contributed by atoms with Crippen molar-refractivity contribution in [3.05, 3.63) is 22.9 Å². The largest absolute Gasteiger partial charge is 0.369 e. The highest BCUT2D eigenvalue weighted by molar-refractivity contribution is 9.10. The van der Waals surface area contributed by atoms with Gasteiger partial charge in [0.25, 0.3) is 0 Å². The van der Waals surface area contributed by atoms with Crippen molar-refractivity contribution in [2.45, 2.75) is 6.42 Å². The fourth-order valence-corrected chi connectivity index (χ4v) is 3.58. The van der Waals surface area contributed by atoms with Gasteiger partial charge in [0, 0.05) is 25.5 Å². The number of sulfone groups is 1. The Morgan fingerprint density at radius 1 is 1.31 bits per heavy atom. The monoisotopic (exact) mass is 304 g/mol. The maximum absolute atomic E-state index is 11.5. The van der Waals surface area contributed by atoms with Crippen LogP contribution in [0.5, 0.6) is 0 Å². The Morgan fingerprint density at radius 2 is 2.12 bits per heavy atom. The van der Waals surface area contributed by atoms with Crippen molar-refractivity contribution in [2.75, 3.05) is 29.5 Å². The third kappa shape index (κ3) is 2.74. The van der Waals surface area contributed by atoms with E-state index in [-0.39, 0.29) is 5.75 Å². The molecule has 6 heteroatoms. The van der Waals surface area contributed by atoms with E-state index >= 15 is 0 Å². The van der Waals surface area contributed by atoms with Crippen LogP contribution >= 0.6 is 15.9 Å². The molecule has 0 aliphatic carbocycles. The van der Waals surface area contributed by atoms with Crippen LogP contribution in [0.2, 0.25) is 0 Å². The smallest absolute Gasteiger partial charge is 0.152 e. The Labute approximate surface area is 104 Å². The zero-order chi connectivity index (χ0) is 11.6. The van der Waals surface area contributed by atoms with Gasteiger partial charge in [0.05, 0.1) is 21.7 Å². The van der Waals surface area contributed by atoms with Crippen molar-refractivity contribution in [3.63, 3.8) is 0 Å². The fourth-order valence-electron chi connectivity index (χ4n) is 1.80. The summed E-state index contributed by atoms with van der Waals surface area (Å²) in [4.78, 5) is 6.09. The van der Waals surface area contributed by atoms with Crippen LogP contribution in [0, 0.1) is 0 Å². The van der Waals surface area contributed by atoms with E-state index in [0.29, 0.717) is 18.7 Å². The number of hydrogen-bond acceptors (Lipinski definition) is 4. The summed E-state index contributed by atoms with van der Waals surface area (Å²) in [5, 5.41) is 0. The van der Waals surface area contributed by atoms with E-state index in [1.165, 1.54) is 0 Å². The zero-order valence-electron chi connectivity index (χ0n) is 8.76. The fraction of sp³-hybridized carbons (Fsp3) is 0.500. The lowest BCUT2D eigenvalue weighted by Crippen LogP contribution is -2.27. The quantitative estimate of drug-likeness (QED) is 0.788. The van der Waals surface area contributed by atoms with Crippen LogP contribution in [-0.4, -0.2) is 38.0 Å². The first-order valence-electron chi connectivity index (χ1n) is 5.13. The highest BCUT2D eigenvalue weighted by atomic mass is 79.9. The standard InChI is InChI=1S/C10H13BrN2O2S/c11-9-8-12-3-2-10(9)13-4-1-6-16(14,15)7-5-13/h2-3,8H,1,4-7H2. The molecule has 4 nitrogen and oxygen atoms in total. The number of anilines is 1. The first kappa shape index (κ1) is 11.9. The van der Waals surface area contributed by atoms with E-state index in [1.54, 1.807) is 12.4 Å². The van der Waals surface area contributed by atoms with Crippen molar-refractivity contribution >= 4 is 31.5 Å². The van der Waals surface area contributed by atoms with Crippen LogP contribution in [0.15, 0.2) is 22.9 Å². The minimum atomic E-state index is -2.85. The molecule has 0 N–H and O–H groups in total. The number of rotatable bonds is 1. The summed E-state index contributed by atoms with van der Waals surface area (Å²) < 4.78 is 23.9.